The molecule has 4 aromatic rings. The number of esters is 1. The van der Waals surface area contributed by atoms with Crippen molar-refractivity contribution >= 4 is 65.3 Å². The van der Waals surface area contributed by atoms with Crippen molar-refractivity contribution in [2.45, 2.75) is 44.2 Å². The van der Waals surface area contributed by atoms with E-state index in [1.54, 1.807) is 20.8 Å². The second-order valence-corrected chi connectivity index (χ2v) is 23.6. The standard InChI is InChI=1S/C38H38BrN2O5PS/c1-38(2,3)46-37(44)34-28(26-48(45)36-33(35(43)41(34)36)40-32(42)24-27-16-8-4-9-17-27)25-47(39,29-18-10-5-11-19-29,30-20-12-6-13-21-30)31-22-14-7-15-23-31/h4-23,33,36H,24-26H2,1-3H3,(H,40,42)/t33-,36-,48+/m1/s1. The van der Waals surface area contributed by atoms with Crippen molar-refractivity contribution in [3.8, 4) is 0 Å². The van der Waals surface area contributed by atoms with Gasteiger partial charge < -0.3 is 0 Å². The third kappa shape index (κ3) is 6.20. The van der Waals surface area contributed by atoms with Crippen LogP contribution >= 0.6 is 20.8 Å². The summed E-state index contributed by atoms with van der Waals surface area (Å²) in [4.78, 5) is 42.5. The van der Waals surface area contributed by atoms with Crippen LogP contribution in [0, 0.1) is 0 Å². The minimum atomic E-state index is -3.65. The van der Waals surface area contributed by atoms with Crippen LogP contribution in [0.5, 0.6) is 0 Å². The summed E-state index contributed by atoms with van der Waals surface area (Å²) in [5.74, 6) is -1.47. The first kappa shape index (κ1) is 34.0. The Bertz CT molecular complexity index is 1800. The van der Waals surface area contributed by atoms with Gasteiger partial charge in [0.05, 0.1) is 0 Å². The van der Waals surface area contributed by atoms with Gasteiger partial charge in [-0.3, -0.25) is 0 Å². The van der Waals surface area contributed by atoms with Gasteiger partial charge in [-0.05, 0) is 0 Å². The molecule has 0 bridgehead atoms. The van der Waals surface area contributed by atoms with Crippen LogP contribution < -0.4 is 21.2 Å². The number of carbonyl (C=O) groups excluding carboxylic acids is 3. The molecule has 7 nitrogen and oxygen atoms in total. The first-order valence-electron chi connectivity index (χ1n) is 15.8. The Balaban J connectivity index is 1.49. The SMILES string of the molecule is CC(C)(C)OC(=O)C1=C(CP(Br)(c2ccccc2)(c2ccccc2)c2ccccc2)C[S@](=O)[C@@H]2[C@H](NC(=O)Cc3ccccc3)C(=O)N12. The fraction of sp³-hybridized carbons (Fsp3) is 0.237. The molecule has 0 spiro atoms. The van der Waals surface area contributed by atoms with Crippen LogP contribution in [0.25, 0.3) is 0 Å². The molecule has 2 aliphatic rings. The quantitative estimate of drug-likeness (QED) is 0.147. The molecule has 2 aliphatic heterocycles. The molecule has 3 atom stereocenters. The third-order valence-electron chi connectivity index (χ3n) is 8.69. The van der Waals surface area contributed by atoms with Crippen LogP contribution in [0.15, 0.2) is 133 Å². The van der Waals surface area contributed by atoms with E-state index in [1.807, 2.05) is 84.9 Å². The molecule has 0 saturated carbocycles. The van der Waals surface area contributed by atoms with Crippen molar-refractivity contribution < 1.29 is 23.3 Å². The molecule has 10 heteroatoms. The topological polar surface area (TPSA) is 92.8 Å². The number of hydrogen-bond acceptors (Lipinski definition) is 5. The number of fused-ring (bicyclic) bond motifs is 1. The summed E-state index contributed by atoms with van der Waals surface area (Å²) in [6.07, 6.45) is 0.360. The van der Waals surface area contributed by atoms with E-state index in [9.17, 15) is 18.6 Å². The van der Waals surface area contributed by atoms with Gasteiger partial charge in [0.25, 0.3) is 0 Å². The number of ether oxygens (including phenoxy) is 1. The molecule has 1 fully saturated rings. The minimum absolute atomic E-state index is 0.0318. The molecular weight excluding hydrogens is 707 g/mol. The fourth-order valence-corrected chi connectivity index (χ4v) is 16.3. The second-order valence-electron chi connectivity index (χ2n) is 13.1. The van der Waals surface area contributed by atoms with E-state index in [2.05, 4.69) is 57.2 Å². The number of hydrogen-bond donors (Lipinski definition) is 1. The molecule has 4 aromatic carbocycles. The Hall–Kier alpha value is -3.91. The maximum absolute atomic E-state index is 14.2. The Morgan fingerprint density at radius 1 is 0.833 bits per heavy atom. The average Bonchev–Trinajstić information content (AvgIpc) is 3.08. The molecule has 48 heavy (non-hydrogen) atoms. The van der Waals surface area contributed by atoms with Gasteiger partial charge in [-0.2, -0.15) is 0 Å². The van der Waals surface area contributed by atoms with Gasteiger partial charge in [0.1, 0.15) is 0 Å². The Morgan fingerprint density at radius 2 is 1.29 bits per heavy atom. The third-order valence-corrected chi connectivity index (χ3v) is 19.9. The normalized spacial score (nSPS) is 20.2. The van der Waals surface area contributed by atoms with Crippen LogP contribution in [-0.2, 0) is 36.3 Å². The van der Waals surface area contributed by atoms with Gasteiger partial charge in [-0.25, -0.2) is 0 Å². The van der Waals surface area contributed by atoms with Crippen molar-refractivity contribution in [2.75, 3.05) is 11.9 Å². The average molecular weight is 746 g/mol. The zero-order valence-electron chi connectivity index (χ0n) is 27.0. The predicted molar refractivity (Wildman–Crippen MR) is 198 cm³/mol. The van der Waals surface area contributed by atoms with Gasteiger partial charge in [-0.15, -0.1) is 0 Å². The summed E-state index contributed by atoms with van der Waals surface area (Å²) in [7, 11) is -1.63. The van der Waals surface area contributed by atoms with Crippen molar-refractivity contribution in [2.24, 2.45) is 0 Å². The Labute approximate surface area is 291 Å². The van der Waals surface area contributed by atoms with Crippen LogP contribution in [0.2, 0.25) is 0 Å². The zero-order valence-corrected chi connectivity index (χ0v) is 30.3. The predicted octanol–water partition coefficient (Wildman–Crippen LogP) is 5.08. The monoisotopic (exact) mass is 744 g/mol. The number of nitrogens with one attached hydrogen (secondary N) is 1. The number of β-lactam (4-membered cyclic amide) rings is 1. The van der Waals surface area contributed by atoms with Crippen LogP contribution in [0.3, 0.4) is 0 Å². The summed E-state index contributed by atoms with van der Waals surface area (Å²) in [6, 6.07) is 38.5. The van der Waals surface area contributed by atoms with Crippen LogP contribution in [0.4, 0.5) is 0 Å². The zero-order chi connectivity index (χ0) is 34.1. The van der Waals surface area contributed by atoms with E-state index in [0.29, 0.717) is 5.57 Å². The number of halogens is 1. The number of amides is 2. The molecule has 1 saturated heterocycles. The molecule has 0 radical (unpaired) electrons. The first-order chi connectivity index (χ1) is 22.9. The summed E-state index contributed by atoms with van der Waals surface area (Å²) >= 11 is 4.44. The van der Waals surface area contributed by atoms with E-state index < -0.39 is 45.0 Å². The van der Waals surface area contributed by atoms with Crippen molar-refractivity contribution in [1.82, 2.24) is 10.2 Å². The Morgan fingerprint density at radius 3 is 1.75 bits per heavy atom. The van der Waals surface area contributed by atoms with Crippen molar-refractivity contribution in [3.63, 3.8) is 0 Å². The summed E-state index contributed by atoms with van der Waals surface area (Å²) in [5, 5.41) is 1.32. The van der Waals surface area contributed by atoms with E-state index in [4.69, 9.17) is 4.74 Å². The van der Waals surface area contributed by atoms with Crippen LogP contribution in [-0.4, -0.2) is 55.8 Å². The first-order valence-corrected chi connectivity index (χ1v) is 21.6. The molecule has 0 unspecified atom stereocenters. The van der Waals surface area contributed by atoms with E-state index in [1.165, 1.54) is 4.90 Å². The van der Waals surface area contributed by atoms with Crippen LogP contribution in [0.1, 0.15) is 26.3 Å². The summed E-state index contributed by atoms with van der Waals surface area (Å²) < 4.78 is 20.1. The molecule has 0 aliphatic carbocycles. The number of carbonyl (C=O) groups is 3. The fourth-order valence-electron chi connectivity index (χ4n) is 6.59. The van der Waals surface area contributed by atoms with Crippen molar-refractivity contribution in [1.29, 1.82) is 0 Å². The molecule has 2 heterocycles. The molecule has 1 N–H and O–H groups in total. The maximum atomic E-state index is 14.2. The van der Waals surface area contributed by atoms with Gasteiger partial charge in [0.15, 0.2) is 0 Å². The molecular formula is C38H38BrN2O5PS. The molecule has 248 valence electrons. The number of rotatable bonds is 9. The molecule has 6 rings (SSSR count). The van der Waals surface area contributed by atoms with Gasteiger partial charge in [0, 0.05) is 0 Å². The van der Waals surface area contributed by atoms with Gasteiger partial charge >= 0.3 is 287 Å². The molecule has 2 amide bonds. The molecule has 0 aromatic heterocycles. The number of nitrogens with zero attached hydrogens (tertiary/aromatic N) is 1. The van der Waals surface area contributed by atoms with E-state index >= 15 is 0 Å². The Kier molecular flexibility index (Phi) is 9.33. The van der Waals surface area contributed by atoms with E-state index in [-0.39, 0.29) is 29.9 Å². The van der Waals surface area contributed by atoms with Gasteiger partial charge in [-0.1, -0.05) is 6.07 Å². The van der Waals surface area contributed by atoms with Crippen molar-refractivity contribution in [3.05, 3.63) is 138 Å². The second kappa shape index (κ2) is 13.2. The number of benzene rings is 4. The summed E-state index contributed by atoms with van der Waals surface area (Å²) in [5.41, 5.74) is 0.611. The van der Waals surface area contributed by atoms with E-state index in [0.717, 1.165) is 21.5 Å². The summed E-state index contributed by atoms with van der Waals surface area (Å²) in [6.45, 7) is 5.32. The van der Waals surface area contributed by atoms with Gasteiger partial charge in [0.2, 0.25) is 0 Å².